The Bertz CT molecular complexity index is 834. The third-order valence-corrected chi connectivity index (χ3v) is 3.15. The lowest BCUT2D eigenvalue weighted by molar-refractivity contribution is 0.101. The Kier molecular flexibility index (Phi) is 3.46. The molecule has 7 nitrogen and oxygen atoms in total. The molecule has 2 heterocycles. The van der Waals surface area contributed by atoms with Gasteiger partial charge in [0.25, 0.3) is 5.91 Å². The predicted octanol–water partition coefficient (Wildman–Crippen LogP) is 2.34. The van der Waals surface area contributed by atoms with Crippen molar-refractivity contribution < 1.29 is 9.21 Å². The van der Waals surface area contributed by atoms with E-state index in [1.165, 1.54) is 4.68 Å². The highest BCUT2D eigenvalue weighted by atomic mass is 16.4. The van der Waals surface area contributed by atoms with Gasteiger partial charge in [0.2, 0.25) is 5.89 Å². The molecule has 2 aromatic heterocycles. The lowest BCUT2D eigenvalue weighted by Gasteiger charge is -2.00. The van der Waals surface area contributed by atoms with Gasteiger partial charge in [-0.15, -0.1) is 5.10 Å². The molecule has 0 bridgehead atoms. The Balaban J connectivity index is 1.80. The molecule has 0 aliphatic rings. The topological polar surface area (TPSA) is 85.8 Å². The molecule has 1 amide bonds. The summed E-state index contributed by atoms with van der Waals surface area (Å²) in [5, 5.41) is 14.5. The summed E-state index contributed by atoms with van der Waals surface area (Å²) in [7, 11) is 1.70. The zero-order chi connectivity index (χ0) is 15.7. The Morgan fingerprint density at radius 1 is 1.23 bits per heavy atom. The summed E-state index contributed by atoms with van der Waals surface area (Å²) in [4.78, 5) is 12.1. The summed E-state index contributed by atoms with van der Waals surface area (Å²) in [5.74, 6) is 0.0164. The quantitative estimate of drug-likeness (QED) is 0.802. The third kappa shape index (κ3) is 2.73. The van der Waals surface area contributed by atoms with Crippen molar-refractivity contribution >= 4 is 11.9 Å². The minimum absolute atomic E-state index is 0.0559. The van der Waals surface area contributed by atoms with E-state index < -0.39 is 0 Å². The van der Waals surface area contributed by atoms with Gasteiger partial charge in [0.05, 0.1) is 5.69 Å². The molecular weight excluding hydrogens is 282 g/mol. The number of aromatic nitrogens is 4. The highest BCUT2D eigenvalue weighted by molar-refractivity contribution is 6.01. The van der Waals surface area contributed by atoms with Crippen LogP contribution in [-0.4, -0.2) is 25.9 Å². The van der Waals surface area contributed by atoms with Crippen LogP contribution in [0.1, 0.15) is 21.7 Å². The second-order valence-electron chi connectivity index (χ2n) is 5.03. The monoisotopic (exact) mass is 297 g/mol. The van der Waals surface area contributed by atoms with Crippen LogP contribution in [0.3, 0.4) is 0 Å². The summed E-state index contributed by atoms with van der Waals surface area (Å²) in [6, 6.07) is 9.44. The van der Waals surface area contributed by atoms with Crippen LogP contribution < -0.4 is 5.32 Å². The SMILES string of the molecule is Cc1cccc(-c2nnc(NC(=O)c3cc(C)nn3C)o2)c1. The number of hydrogen-bond donors (Lipinski definition) is 1. The number of amides is 1. The first-order chi connectivity index (χ1) is 10.5. The van der Waals surface area contributed by atoms with Crippen molar-refractivity contribution in [3.8, 4) is 11.5 Å². The third-order valence-electron chi connectivity index (χ3n) is 3.15. The zero-order valence-corrected chi connectivity index (χ0v) is 12.5. The summed E-state index contributed by atoms with van der Waals surface area (Å²) < 4.78 is 6.98. The van der Waals surface area contributed by atoms with Gasteiger partial charge in [-0.3, -0.25) is 14.8 Å². The number of benzene rings is 1. The standard InChI is InChI=1S/C15H15N5O2/c1-9-5-4-6-11(7-9)14-17-18-15(22-14)16-13(21)12-8-10(2)19-20(12)3/h4-8H,1-3H3,(H,16,18,21). The molecule has 0 spiro atoms. The van der Waals surface area contributed by atoms with E-state index in [4.69, 9.17) is 4.42 Å². The molecule has 0 fully saturated rings. The first-order valence-corrected chi connectivity index (χ1v) is 6.75. The molecule has 3 aromatic rings. The minimum atomic E-state index is -0.345. The average molecular weight is 297 g/mol. The van der Waals surface area contributed by atoms with Crippen LogP contribution in [-0.2, 0) is 7.05 Å². The van der Waals surface area contributed by atoms with Gasteiger partial charge in [-0.05, 0) is 32.0 Å². The van der Waals surface area contributed by atoms with Crippen LogP contribution in [0.2, 0.25) is 0 Å². The van der Waals surface area contributed by atoms with E-state index in [-0.39, 0.29) is 11.9 Å². The van der Waals surface area contributed by atoms with Gasteiger partial charge in [0.15, 0.2) is 0 Å². The number of carbonyl (C=O) groups excluding carboxylic acids is 1. The summed E-state index contributed by atoms with van der Waals surface area (Å²) in [6.07, 6.45) is 0. The van der Waals surface area contributed by atoms with Gasteiger partial charge in [-0.2, -0.15) is 5.10 Å². The van der Waals surface area contributed by atoms with E-state index in [0.717, 1.165) is 16.8 Å². The summed E-state index contributed by atoms with van der Waals surface area (Å²) in [6.45, 7) is 3.80. The van der Waals surface area contributed by atoms with Crippen LogP contribution in [0.5, 0.6) is 0 Å². The van der Waals surface area contributed by atoms with E-state index in [1.54, 1.807) is 13.1 Å². The summed E-state index contributed by atoms with van der Waals surface area (Å²) in [5.41, 5.74) is 3.09. The first-order valence-electron chi connectivity index (χ1n) is 6.75. The maximum atomic E-state index is 12.1. The number of rotatable bonds is 3. The molecule has 7 heteroatoms. The van der Waals surface area contributed by atoms with Gasteiger partial charge in [-0.25, -0.2) is 0 Å². The lowest BCUT2D eigenvalue weighted by atomic mass is 10.1. The van der Waals surface area contributed by atoms with Gasteiger partial charge in [0.1, 0.15) is 5.69 Å². The average Bonchev–Trinajstić information content (AvgIpc) is 3.05. The number of nitrogens with zero attached hydrogens (tertiary/aromatic N) is 4. The molecule has 0 radical (unpaired) electrons. The highest BCUT2D eigenvalue weighted by Crippen LogP contribution is 2.20. The molecule has 22 heavy (non-hydrogen) atoms. The molecular formula is C15H15N5O2. The molecule has 0 atom stereocenters. The van der Waals surface area contributed by atoms with Crippen LogP contribution in [0.4, 0.5) is 6.01 Å². The van der Waals surface area contributed by atoms with Crippen molar-refractivity contribution in [3.05, 3.63) is 47.3 Å². The van der Waals surface area contributed by atoms with E-state index in [0.29, 0.717) is 11.6 Å². The van der Waals surface area contributed by atoms with E-state index >= 15 is 0 Å². The smallest absolute Gasteiger partial charge is 0.322 e. The molecule has 0 saturated carbocycles. The van der Waals surface area contributed by atoms with E-state index in [9.17, 15) is 4.79 Å². The Labute approximate surface area is 127 Å². The Hall–Kier alpha value is -2.96. The normalized spacial score (nSPS) is 10.7. The fourth-order valence-electron chi connectivity index (χ4n) is 2.15. The summed E-state index contributed by atoms with van der Waals surface area (Å²) >= 11 is 0. The Morgan fingerprint density at radius 2 is 2.05 bits per heavy atom. The minimum Gasteiger partial charge on any atom is -0.403 e. The van der Waals surface area contributed by atoms with Crippen LogP contribution in [0.25, 0.3) is 11.5 Å². The maximum Gasteiger partial charge on any atom is 0.322 e. The molecule has 0 aliphatic carbocycles. The number of hydrogen-bond acceptors (Lipinski definition) is 5. The molecule has 112 valence electrons. The molecule has 1 N–H and O–H groups in total. The molecule has 0 unspecified atom stereocenters. The highest BCUT2D eigenvalue weighted by Gasteiger charge is 2.16. The van der Waals surface area contributed by atoms with Gasteiger partial charge in [0, 0.05) is 12.6 Å². The van der Waals surface area contributed by atoms with E-state index in [2.05, 4.69) is 20.6 Å². The van der Waals surface area contributed by atoms with Crippen molar-refractivity contribution in [1.29, 1.82) is 0 Å². The van der Waals surface area contributed by atoms with Crippen molar-refractivity contribution in [2.75, 3.05) is 5.32 Å². The van der Waals surface area contributed by atoms with Gasteiger partial charge in [-0.1, -0.05) is 22.8 Å². The number of nitrogens with one attached hydrogen (secondary N) is 1. The van der Waals surface area contributed by atoms with Crippen molar-refractivity contribution in [2.24, 2.45) is 7.05 Å². The molecule has 1 aromatic carbocycles. The van der Waals surface area contributed by atoms with Crippen molar-refractivity contribution in [2.45, 2.75) is 13.8 Å². The van der Waals surface area contributed by atoms with E-state index in [1.807, 2.05) is 38.1 Å². The Morgan fingerprint density at radius 3 is 2.73 bits per heavy atom. The lowest BCUT2D eigenvalue weighted by Crippen LogP contribution is -2.16. The van der Waals surface area contributed by atoms with Crippen LogP contribution >= 0.6 is 0 Å². The molecule has 0 aliphatic heterocycles. The van der Waals surface area contributed by atoms with Crippen LogP contribution in [0, 0.1) is 13.8 Å². The van der Waals surface area contributed by atoms with Crippen molar-refractivity contribution in [3.63, 3.8) is 0 Å². The van der Waals surface area contributed by atoms with Crippen LogP contribution in [0.15, 0.2) is 34.7 Å². The second kappa shape index (κ2) is 5.44. The predicted molar refractivity (Wildman–Crippen MR) is 80.4 cm³/mol. The molecule has 3 rings (SSSR count). The van der Waals surface area contributed by atoms with Gasteiger partial charge >= 0.3 is 6.01 Å². The zero-order valence-electron chi connectivity index (χ0n) is 12.5. The largest absolute Gasteiger partial charge is 0.403 e. The molecule has 0 saturated heterocycles. The fourth-order valence-corrected chi connectivity index (χ4v) is 2.15. The van der Waals surface area contributed by atoms with Gasteiger partial charge < -0.3 is 4.42 Å². The first kappa shape index (κ1) is 14.0. The number of aryl methyl sites for hydroxylation is 3. The number of carbonyl (C=O) groups is 1. The maximum absolute atomic E-state index is 12.1. The van der Waals surface area contributed by atoms with Crippen molar-refractivity contribution in [1.82, 2.24) is 20.0 Å². The number of anilines is 1. The fraction of sp³-hybridized carbons (Fsp3) is 0.200. The second-order valence-corrected chi connectivity index (χ2v) is 5.03.